The molecule has 24 heavy (non-hydrogen) atoms. The summed E-state index contributed by atoms with van der Waals surface area (Å²) in [5, 5.41) is 0. The highest BCUT2D eigenvalue weighted by Gasteiger charge is 2.24. The van der Waals surface area contributed by atoms with Crippen molar-refractivity contribution in [1.82, 2.24) is 0 Å². The summed E-state index contributed by atoms with van der Waals surface area (Å²) >= 11 is 0. The Hall–Kier alpha value is -2.82. The standard InChI is InChI=1S/C19H19NO4/c1-22-14-6-4-5-13(9-14)19(21)18-15-11-17(24-3)16(23-2)10-12(15)7-8-20-18/h4-6,9-11H,7-8H2,1-3H3. The summed E-state index contributed by atoms with van der Waals surface area (Å²) in [6.45, 7) is 0.577. The number of rotatable bonds is 5. The molecule has 1 aliphatic heterocycles. The van der Waals surface area contributed by atoms with E-state index in [1.165, 1.54) is 0 Å². The number of fused-ring (bicyclic) bond motifs is 1. The van der Waals surface area contributed by atoms with Gasteiger partial charge in [-0.25, -0.2) is 0 Å². The predicted molar refractivity (Wildman–Crippen MR) is 92.0 cm³/mol. The Kier molecular flexibility index (Phi) is 4.51. The summed E-state index contributed by atoms with van der Waals surface area (Å²) in [5.41, 5.74) is 2.84. The summed E-state index contributed by atoms with van der Waals surface area (Å²) in [6.07, 6.45) is 0.768. The Bertz CT molecular complexity index is 811. The molecule has 0 amide bonds. The second kappa shape index (κ2) is 6.74. The zero-order valence-corrected chi connectivity index (χ0v) is 14.0. The fourth-order valence-corrected chi connectivity index (χ4v) is 2.82. The number of hydrogen-bond donors (Lipinski definition) is 0. The number of carbonyl (C=O) groups is 1. The Labute approximate surface area is 140 Å². The lowest BCUT2D eigenvalue weighted by Crippen LogP contribution is -2.22. The summed E-state index contributed by atoms with van der Waals surface area (Å²) in [7, 11) is 4.76. The van der Waals surface area contributed by atoms with Gasteiger partial charge in [0.25, 0.3) is 0 Å². The van der Waals surface area contributed by atoms with Crippen molar-refractivity contribution < 1.29 is 19.0 Å². The molecule has 0 radical (unpaired) electrons. The fraction of sp³-hybridized carbons (Fsp3) is 0.263. The normalized spacial score (nSPS) is 12.9. The Morgan fingerprint density at radius 3 is 2.46 bits per heavy atom. The number of aliphatic imine (C=N–C) groups is 1. The van der Waals surface area contributed by atoms with Gasteiger partial charge in [-0.3, -0.25) is 9.79 Å². The first-order valence-corrected chi connectivity index (χ1v) is 7.66. The van der Waals surface area contributed by atoms with Crippen LogP contribution in [0.25, 0.3) is 0 Å². The maximum Gasteiger partial charge on any atom is 0.211 e. The third-order valence-corrected chi connectivity index (χ3v) is 4.06. The predicted octanol–water partition coefficient (Wildman–Crippen LogP) is 2.94. The highest BCUT2D eigenvalue weighted by Crippen LogP contribution is 2.33. The van der Waals surface area contributed by atoms with Gasteiger partial charge < -0.3 is 14.2 Å². The summed E-state index contributed by atoms with van der Waals surface area (Å²) in [5.74, 6) is 1.77. The third-order valence-electron chi connectivity index (χ3n) is 4.06. The minimum Gasteiger partial charge on any atom is -0.497 e. The zero-order valence-electron chi connectivity index (χ0n) is 14.0. The smallest absolute Gasteiger partial charge is 0.211 e. The third kappa shape index (κ3) is 2.85. The number of benzene rings is 2. The van der Waals surface area contributed by atoms with E-state index in [0.29, 0.717) is 35.1 Å². The van der Waals surface area contributed by atoms with Gasteiger partial charge in [0.2, 0.25) is 5.78 Å². The van der Waals surface area contributed by atoms with Gasteiger partial charge in [0.05, 0.1) is 21.3 Å². The van der Waals surface area contributed by atoms with Gasteiger partial charge >= 0.3 is 0 Å². The fourth-order valence-electron chi connectivity index (χ4n) is 2.82. The Morgan fingerprint density at radius 1 is 1.00 bits per heavy atom. The van der Waals surface area contributed by atoms with Crippen LogP contribution in [0.5, 0.6) is 17.2 Å². The van der Waals surface area contributed by atoms with E-state index in [-0.39, 0.29) is 5.78 Å². The summed E-state index contributed by atoms with van der Waals surface area (Å²) in [6, 6.07) is 10.8. The van der Waals surface area contributed by atoms with Crippen LogP contribution in [0.4, 0.5) is 0 Å². The molecule has 0 aliphatic carbocycles. The number of methoxy groups -OCH3 is 3. The van der Waals surface area contributed by atoms with E-state index in [9.17, 15) is 4.79 Å². The van der Waals surface area contributed by atoms with E-state index in [4.69, 9.17) is 14.2 Å². The number of hydrogen-bond acceptors (Lipinski definition) is 5. The molecule has 1 aliphatic rings. The highest BCUT2D eigenvalue weighted by molar-refractivity contribution is 6.52. The molecule has 0 fully saturated rings. The molecule has 2 aromatic rings. The van der Waals surface area contributed by atoms with Crippen LogP contribution in [-0.4, -0.2) is 39.4 Å². The van der Waals surface area contributed by atoms with Crippen molar-refractivity contribution in [2.75, 3.05) is 27.9 Å². The summed E-state index contributed by atoms with van der Waals surface area (Å²) < 4.78 is 15.9. The van der Waals surface area contributed by atoms with E-state index in [0.717, 1.165) is 17.5 Å². The second-order valence-electron chi connectivity index (χ2n) is 5.41. The molecule has 1 heterocycles. The van der Waals surface area contributed by atoms with Crippen LogP contribution in [0.2, 0.25) is 0 Å². The lowest BCUT2D eigenvalue weighted by Gasteiger charge is -2.19. The van der Waals surface area contributed by atoms with Crippen LogP contribution in [0.3, 0.4) is 0 Å². The molecule has 0 atom stereocenters. The van der Waals surface area contributed by atoms with Crippen LogP contribution >= 0.6 is 0 Å². The van der Waals surface area contributed by atoms with Crippen LogP contribution < -0.4 is 14.2 Å². The number of ketones is 1. The summed E-state index contributed by atoms with van der Waals surface area (Å²) in [4.78, 5) is 17.4. The van der Waals surface area contributed by atoms with E-state index in [2.05, 4.69) is 4.99 Å². The first kappa shape index (κ1) is 16.1. The second-order valence-corrected chi connectivity index (χ2v) is 5.41. The average Bonchev–Trinajstić information content (AvgIpc) is 2.65. The van der Waals surface area contributed by atoms with E-state index in [1.807, 2.05) is 12.1 Å². The quantitative estimate of drug-likeness (QED) is 0.793. The van der Waals surface area contributed by atoms with Crippen LogP contribution in [-0.2, 0) is 6.42 Å². The Balaban J connectivity index is 2.04. The number of carbonyl (C=O) groups excluding carboxylic acids is 1. The number of Topliss-reactive ketones (excluding diaryl/α,β-unsaturated/α-hetero) is 1. The molecule has 0 aromatic heterocycles. The van der Waals surface area contributed by atoms with Crippen molar-refractivity contribution >= 4 is 11.5 Å². The Morgan fingerprint density at radius 2 is 1.75 bits per heavy atom. The van der Waals surface area contributed by atoms with Gasteiger partial charge in [-0.05, 0) is 36.2 Å². The minimum atomic E-state index is -0.123. The zero-order chi connectivity index (χ0) is 17.1. The van der Waals surface area contributed by atoms with Crippen LogP contribution in [0, 0.1) is 0 Å². The molecule has 0 N–H and O–H groups in total. The van der Waals surface area contributed by atoms with Crippen molar-refractivity contribution in [3.8, 4) is 17.2 Å². The molecule has 5 heteroatoms. The van der Waals surface area contributed by atoms with Gasteiger partial charge in [0.15, 0.2) is 11.5 Å². The highest BCUT2D eigenvalue weighted by atomic mass is 16.5. The molecule has 124 valence electrons. The topological polar surface area (TPSA) is 57.1 Å². The van der Waals surface area contributed by atoms with Crippen molar-refractivity contribution in [3.05, 3.63) is 53.1 Å². The minimum absolute atomic E-state index is 0.123. The first-order chi connectivity index (χ1) is 11.7. The van der Waals surface area contributed by atoms with Gasteiger partial charge in [-0.15, -0.1) is 0 Å². The van der Waals surface area contributed by atoms with Crippen LogP contribution in [0.1, 0.15) is 21.5 Å². The monoisotopic (exact) mass is 325 g/mol. The molecule has 0 unspecified atom stereocenters. The molecule has 3 rings (SSSR count). The van der Waals surface area contributed by atoms with E-state index >= 15 is 0 Å². The van der Waals surface area contributed by atoms with Crippen molar-refractivity contribution in [1.29, 1.82) is 0 Å². The van der Waals surface area contributed by atoms with Gasteiger partial charge in [-0.1, -0.05) is 12.1 Å². The first-order valence-electron chi connectivity index (χ1n) is 7.66. The largest absolute Gasteiger partial charge is 0.497 e. The van der Waals surface area contributed by atoms with E-state index < -0.39 is 0 Å². The molecular formula is C19H19NO4. The maximum atomic E-state index is 12.9. The van der Waals surface area contributed by atoms with Crippen molar-refractivity contribution in [3.63, 3.8) is 0 Å². The molecular weight excluding hydrogens is 306 g/mol. The number of ether oxygens (including phenoxy) is 3. The molecule has 0 saturated carbocycles. The molecule has 0 saturated heterocycles. The van der Waals surface area contributed by atoms with Gasteiger partial charge in [0.1, 0.15) is 11.5 Å². The molecule has 0 bridgehead atoms. The molecule has 5 nitrogen and oxygen atoms in total. The number of nitrogens with zero attached hydrogens (tertiary/aromatic N) is 1. The lowest BCUT2D eigenvalue weighted by atomic mass is 9.92. The van der Waals surface area contributed by atoms with Crippen molar-refractivity contribution in [2.24, 2.45) is 4.99 Å². The van der Waals surface area contributed by atoms with Gasteiger partial charge in [-0.2, -0.15) is 0 Å². The lowest BCUT2D eigenvalue weighted by molar-refractivity contribution is 0.106. The van der Waals surface area contributed by atoms with E-state index in [1.54, 1.807) is 45.6 Å². The molecule has 0 spiro atoms. The van der Waals surface area contributed by atoms with Gasteiger partial charge in [0, 0.05) is 17.7 Å². The SMILES string of the molecule is COc1cccc(C(=O)C2=NCCc3cc(OC)c(OC)cc32)c1. The average molecular weight is 325 g/mol. The molecule has 2 aromatic carbocycles. The van der Waals surface area contributed by atoms with Crippen LogP contribution in [0.15, 0.2) is 41.4 Å². The van der Waals surface area contributed by atoms with Crippen molar-refractivity contribution in [2.45, 2.75) is 6.42 Å². The maximum absolute atomic E-state index is 12.9.